The van der Waals surface area contributed by atoms with Crippen LogP contribution in [0, 0.1) is 0 Å². The van der Waals surface area contributed by atoms with Gasteiger partial charge < -0.3 is 4.57 Å². The fourth-order valence-electron chi connectivity index (χ4n) is 5.10. The lowest BCUT2D eigenvalue weighted by Gasteiger charge is -2.14. The van der Waals surface area contributed by atoms with Crippen molar-refractivity contribution >= 4 is 21.8 Å². The van der Waals surface area contributed by atoms with Gasteiger partial charge in [-0.25, -0.2) is 0 Å². The molecular formula is C28H23N. The van der Waals surface area contributed by atoms with E-state index in [1.807, 2.05) is 0 Å². The van der Waals surface area contributed by atoms with Gasteiger partial charge in [0.15, 0.2) is 0 Å². The highest BCUT2D eigenvalue weighted by Gasteiger charge is 2.20. The van der Waals surface area contributed by atoms with Crippen LogP contribution in [0.5, 0.6) is 0 Å². The molecule has 0 saturated heterocycles. The molecule has 1 nitrogen and oxygen atoms in total. The minimum absolute atomic E-state index is 0.917. The average Bonchev–Trinajstić information content (AvgIpc) is 3.29. The molecular weight excluding hydrogens is 350 g/mol. The minimum Gasteiger partial charge on any atom is -0.336 e. The highest BCUT2D eigenvalue weighted by Crippen LogP contribution is 2.39. The van der Waals surface area contributed by atoms with E-state index >= 15 is 0 Å². The lowest BCUT2D eigenvalue weighted by atomic mass is 9.96. The third-order valence-corrected chi connectivity index (χ3v) is 6.50. The van der Waals surface area contributed by atoms with Crippen LogP contribution in [0.2, 0.25) is 0 Å². The van der Waals surface area contributed by atoms with E-state index in [2.05, 4.69) is 96.4 Å². The van der Waals surface area contributed by atoms with Crippen molar-refractivity contribution < 1.29 is 0 Å². The number of fused-ring (bicyclic) bond motifs is 6. The number of aromatic nitrogens is 1. The molecule has 0 aliphatic heterocycles. The Morgan fingerprint density at radius 3 is 2.03 bits per heavy atom. The van der Waals surface area contributed by atoms with E-state index in [-0.39, 0.29) is 0 Å². The van der Waals surface area contributed by atoms with Crippen LogP contribution in [0.4, 0.5) is 0 Å². The van der Waals surface area contributed by atoms with Crippen LogP contribution in [-0.4, -0.2) is 4.57 Å². The Morgan fingerprint density at radius 2 is 1.31 bits per heavy atom. The zero-order chi connectivity index (χ0) is 19.4. The van der Waals surface area contributed by atoms with Gasteiger partial charge in [0, 0.05) is 28.4 Å². The van der Waals surface area contributed by atoms with Crippen molar-refractivity contribution in [3.8, 4) is 11.1 Å². The van der Waals surface area contributed by atoms with Crippen molar-refractivity contribution in [1.29, 1.82) is 0 Å². The number of benzene rings is 4. The van der Waals surface area contributed by atoms with Gasteiger partial charge in [-0.05, 0) is 58.4 Å². The van der Waals surface area contributed by atoms with E-state index in [1.54, 1.807) is 0 Å². The molecule has 1 aromatic heterocycles. The van der Waals surface area contributed by atoms with Crippen LogP contribution in [0.1, 0.15) is 29.2 Å². The summed E-state index contributed by atoms with van der Waals surface area (Å²) in [5.41, 5.74) is 11.3. The molecule has 0 N–H and O–H groups in total. The van der Waals surface area contributed by atoms with Gasteiger partial charge in [-0.2, -0.15) is 0 Å². The first-order valence-corrected chi connectivity index (χ1v) is 10.5. The maximum absolute atomic E-state index is 2.49. The molecule has 1 heteroatoms. The number of hydrogen-bond acceptors (Lipinski definition) is 0. The van der Waals surface area contributed by atoms with Crippen molar-refractivity contribution in [1.82, 2.24) is 4.57 Å². The van der Waals surface area contributed by atoms with Gasteiger partial charge in [0.25, 0.3) is 0 Å². The Bertz CT molecular complexity index is 1330. The normalized spacial score (nSPS) is 12.4. The Kier molecular flexibility index (Phi) is 3.64. The monoisotopic (exact) mass is 373 g/mol. The molecule has 0 radical (unpaired) electrons. The number of para-hydroxylation sites is 2. The van der Waals surface area contributed by atoms with Crippen molar-refractivity contribution in [3.63, 3.8) is 0 Å². The predicted molar refractivity (Wildman–Crippen MR) is 123 cm³/mol. The summed E-state index contributed by atoms with van der Waals surface area (Å²) in [5, 5.41) is 2.68. The molecule has 0 bridgehead atoms. The molecule has 0 saturated carbocycles. The third-order valence-electron chi connectivity index (χ3n) is 6.50. The fraction of sp³-hybridized carbons (Fsp3) is 0.143. The molecule has 29 heavy (non-hydrogen) atoms. The highest BCUT2D eigenvalue weighted by atomic mass is 15.0. The molecule has 6 rings (SSSR count). The van der Waals surface area contributed by atoms with Crippen LogP contribution < -0.4 is 0 Å². The SMILES string of the molecule is CCc1cc2c(cc1Cn1c3ccccc3c3ccccc31)Cc1ccccc1-2. The van der Waals surface area contributed by atoms with E-state index in [9.17, 15) is 0 Å². The zero-order valence-corrected chi connectivity index (χ0v) is 16.7. The van der Waals surface area contributed by atoms with E-state index in [0.29, 0.717) is 0 Å². The topological polar surface area (TPSA) is 4.93 Å². The third kappa shape index (κ3) is 2.47. The summed E-state index contributed by atoms with van der Waals surface area (Å²) in [6.07, 6.45) is 2.11. The molecule has 0 unspecified atom stereocenters. The minimum atomic E-state index is 0.917. The predicted octanol–water partition coefficient (Wildman–Crippen LogP) is 6.98. The second-order valence-corrected chi connectivity index (χ2v) is 8.09. The maximum Gasteiger partial charge on any atom is 0.0494 e. The van der Waals surface area contributed by atoms with Crippen LogP contribution in [-0.2, 0) is 19.4 Å². The molecule has 1 heterocycles. The maximum atomic E-state index is 2.49. The molecule has 1 aliphatic carbocycles. The average molecular weight is 373 g/mol. The molecule has 0 spiro atoms. The smallest absolute Gasteiger partial charge is 0.0494 e. The van der Waals surface area contributed by atoms with E-state index in [1.165, 1.54) is 55.2 Å². The lowest BCUT2D eigenvalue weighted by molar-refractivity contribution is 0.850. The van der Waals surface area contributed by atoms with Gasteiger partial charge in [-0.3, -0.25) is 0 Å². The lowest BCUT2D eigenvalue weighted by Crippen LogP contribution is -2.04. The van der Waals surface area contributed by atoms with Crippen LogP contribution in [0.15, 0.2) is 84.9 Å². The summed E-state index contributed by atoms with van der Waals surface area (Å²) in [4.78, 5) is 0. The van der Waals surface area contributed by atoms with Gasteiger partial charge in [0.1, 0.15) is 0 Å². The van der Waals surface area contributed by atoms with Gasteiger partial charge in [-0.1, -0.05) is 79.7 Å². The molecule has 1 aliphatic rings. The Labute approximate surface area is 171 Å². The second-order valence-electron chi connectivity index (χ2n) is 8.09. The summed E-state index contributed by atoms with van der Waals surface area (Å²) in [5.74, 6) is 0. The second kappa shape index (κ2) is 6.35. The summed E-state index contributed by atoms with van der Waals surface area (Å²) in [7, 11) is 0. The van der Waals surface area contributed by atoms with E-state index < -0.39 is 0 Å². The van der Waals surface area contributed by atoms with Gasteiger partial charge in [0.05, 0.1) is 0 Å². The van der Waals surface area contributed by atoms with Crippen LogP contribution in [0.25, 0.3) is 32.9 Å². The van der Waals surface area contributed by atoms with Gasteiger partial charge >= 0.3 is 0 Å². The summed E-state index contributed by atoms with van der Waals surface area (Å²) >= 11 is 0. The molecule has 5 aromatic rings. The van der Waals surface area contributed by atoms with E-state index in [0.717, 1.165) is 19.4 Å². The summed E-state index contributed by atoms with van der Waals surface area (Å²) in [6, 6.07) is 31.4. The Balaban J connectivity index is 1.53. The Morgan fingerprint density at radius 1 is 0.655 bits per heavy atom. The first-order chi connectivity index (χ1) is 14.3. The molecule has 4 aromatic carbocycles. The van der Waals surface area contributed by atoms with Crippen molar-refractivity contribution in [2.45, 2.75) is 26.3 Å². The van der Waals surface area contributed by atoms with Crippen LogP contribution in [0.3, 0.4) is 0 Å². The van der Waals surface area contributed by atoms with Gasteiger partial charge in [0.2, 0.25) is 0 Å². The largest absolute Gasteiger partial charge is 0.336 e. The van der Waals surface area contributed by atoms with Crippen molar-refractivity contribution in [2.24, 2.45) is 0 Å². The first kappa shape index (κ1) is 16.6. The molecule has 0 fully saturated rings. The van der Waals surface area contributed by atoms with Crippen LogP contribution >= 0.6 is 0 Å². The van der Waals surface area contributed by atoms with Crippen molar-refractivity contribution in [2.75, 3.05) is 0 Å². The fourth-order valence-corrected chi connectivity index (χ4v) is 5.10. The zero-order valence-electron chi connectivity index (χ0n) is 16.7. The number of hydrogen-bond donors (Lipinski definition) is 0. The highest BCUT2D eigenvalue weighted by molar-refractivity contribution is 6.08. The quantitative estimate of drug-likeness (QED) is 0.315. The summed E-state index contributed by atoms with van der Waals surface area (Å²) < 4.78 is 2.49. The van der Waals surface area contributed by atoms with E-state index in [4.69, 9.17) is 0 Å². The number of rotatable bonds is 3. The summed E-state index contributed by atoms with van der Waals surface area (Å²) in [6.45, 7) is 3.19. The Hall–Kier alpha value is -3.32. The molecule has 0 amide bonds. The standard InChI is InChI=1S/C28H23N/c1-2-19-17-26-21(15-20-9-3-4-10-23(20)26)16-22(19)18-29-27-13-7-5-11-24(27)25-12-6-8-14-28(25)29/h3-14,16-17H,2,15,18H2,1H3. The number of aryl methyl sites for hydroxylation is 1. The molecule has 0 atom stereocenters. The van der Waals surface area contributed by atoms with Gasteiger partial charge in [-0.15, -0.1) is 0 Å². The number of nitrogens with zero attached hydrogens (tertiary/aromatic N) is 1. The molecule has 140 valence electrons. The van der Waals surface area contributed by atoms with Crippen molar-refractivity contribution in [3.05, 3.63) is 107 Å². The first-order valence-electron chi connectivity index (χ1n) is 10.5.